The van der Waals surface area contributed by atoms with Gasteiger partial charge in [-0.25, -0.2) is 4.79 Å². The number of carbonyl (C=O) groups excluding carboxylic acids is 1. The quantitative estimate of drug-likeness (QED) is 0.580. The highest BCUT2D eigenvalue weighted by Gasteiger charge is 2.33. The summed E-state index contributed by atoms with van der Waals surface area (Å²) in [4.78, 5) is 11.9. The molecular weight excluding hydrogens is 212 g/mol. The maximum Gasteiger partial charge on any atom is 0.339 e. The Morgan fingerprint density at radius 1 is 1.53 bits per heavy atom. The molecule has 1 atom stereocenters. The Labute approximate surface area is 102 Å². The highest BCUT2D eigenvalue weighted by Crippen LogP contribution is 2.38. The van der Waals surface area contributed by atoms with Crippen molar-refractivity contribution < 1.29 is 9.53 Å². The van der Waals surface area contributed by atoms with Crippen molar-refractivity contribution in [3.8, 4) is 0 Å². The number of cyclic esters (lactones) is 1. The van der Waals surface area contributed by atoms with Crippen molar-refractivity contribution in [1.82, 2.24) is 0 Å². The van der Waals surface area contributed by atoms with Gasteiger partial charge in [0.1, 0.15) is 6.10 Å². The maximum atomic E-state index is 11.9. The SMILES string of the molecule is C=Cc1ccc(C)c2c1[C@H](CC(=C)C)OC2=O. The highest BCUT2D eigenvalue weighted by molar-refractivity contribution is 5.97. The Morgan fingerprint density at radius 3 is 2.82 bits per heavy atom. The van der Waals surface area contributed by atoms with Gasteiger partial charge in [0.2, 0.25) is 0 Å². The summed E-state index contributed by atoms with van der Waals surface area (Å²) in [5.74, 6) is -0.229. The highest BCUT2D eigenvalue weighted by atomic mass is 16.5. The maximum absolute atomic E-state index is 11.9. The zero-order chi connectivity index (χ0) is 12.6. The Balaban J connectivity index is 2.58. The molecule has 0 unspecified atom stereocenters. The van der Waals surface area contributed by atoms with Gasteiger partial charge in [-0.15, -0.1) is 0 Å². The van der Waals surface area contributed by atoms with Crippen LogP contribution in [0.1, 0.15) is 46.5 Å². The average molecular weight is 228 g/mol. The van der Waals surface area contributed by atoms with E-state index in [0.717, 1.165) is 22.3 Å². The zero-order valence-electron chi connectivity index (χ0n) is 10.2. The smallest absolute Gasteiger partial charge is 0.339 e. The molecule has 0 saturated carbocycles. The third-order valence-electron chi connectivity index (χ3n) is 3.02. The molecule has 0 N–H and O–H groups in total. The summed E-state index contributed by atoms with van der Waals surface area (Å²) in [7, 11) is 0. The van der Waals surface area contributed by atoms with Crippen molar-refractivity contribution >= 4 is 12.0 Å². The molecule has 0 spiro atoms. The molecule has 1 aliphatic heterocycles. The van der Waals surface area contributed by atoms with Gasteiger partial charge in [-0.2, -0.15) is 0 Å². The lowest BCUT2D eigenvalue weighted by molar-refractivity contribution is 0.0387. The van der Waals surface area contributed by atoms with Crippen LogP contribution in [0.5, 0.6) is 0 Å². The van der Waals surface area contributed by atoms with E-state index in [9.17, 15) is 4.79 Å². The average Bonchev–Trinajstić information content (AvgIpc) is 2.57. The van der Waals surface area contributed by atoms with Crippen LogP contribution in [0.2, 0.25) is 0 Å². The lowest BCUT2D eigenvalue weighted by Gasteiger charge is -2.12. The first-order chi connectivity index (χ1) is 8.04. The van der Waals surface area contributed by atoms with Crippen LogP contribution in [0.4, 0.5) is 0 Å². The molecule has 17 heavy (non-hydrogen) atoms. The van der Waals surface area contributed by atoms with Crippen LogP contribution >= 0.6 is 0 Å². The molecule has 1 aromatic rings. The van der Waals surface area contributed by atoms with Crippen molar-refractivity contribution in [2.75, 3.05) is 0 Å². The first-order valence-electron chi connectivity index (χ1n) is 5.66. The monoisotopic (exact) mass is 228 g/mol. The molecule has 0 bridgehead atoms. The molecule has 0 fully saturated rings. The molecule has 0 saturated heterocycles. The first-order valence-corrected chi connectivity index (χ1v) is 5.66. The van der Waals surface area contributed by atoms with E-state index in [1.807, 2.05) is 26.0 Å². The summed E-state index contributed by atoms with van der Waals surface area (Å²) in [6.07, 6.45) is 2.23. The molecule has 1 aromatic carbocycles. The second-order valence-corrected chi connectivity index (χ2v) is 4.52. The van der Waals surface area contributed by atoms with E-state index in [1.165, 1.54) is 0 Å². The molecule has 2 rings (SSSR count). The van der Waals surface area contributed by atoms with E-state index in [4.69, 9.17) is 4.74 Å². The van der Waals surface area contributed by atoms with Gasteiger partial charge >= 0.3 is 5.97 Å². The molecule has 0 aliphatic carbocycles. The Kier molecular flexibility index (Phi) is 2.88. The van der Waals surface area contributed by atoms with Crippen LogP contribution < -0.4 is 0 Å². The summed E-state index contributed by atoms with van der Waals surface area (Å²) >= 11 is 0. The largest absolute Gasteiger partial charge is 0.453 e. The topological polar surface area (TPSA) is 26.3 Å². The second kappa shape index (κ2) is 4.21. The van der Waals surface area contributed by atoms with E-state index in [2.05, 4.69) is 13.2 Å². The Morgan fingerprint density at radius 2 is 2.24 bits per heavy atom. The van der Waals surface area contributed by atoms with Crippen molar-refractivity contribution in [2.24, 2.45) is 0 Å². The van der Waals surface area contributed by atoms with Crippen LogP contribution in [0.25, 0.3) is 6.08 Å². The molecule has 2 nitrogen and oxygen atoms in total. The lowest BCUT2D eigenvalue weighted by Crippen LogP contribution is -1.99. The van der Waals surface area contributed by atoms with Gasteiger partial charge in [0, 0.05) is 12.0 Å². The molecule has 0 aromatic heterocycles. The van der Waals surface area contributed by atoms with Crippen LogP contribution in [-0.4, -0.2) is 5.97 Å². The predicted octanol–water partition coefficient (Wildman–Crippen LogP) is 3.82. The normalized spacial score (nSPS) is 17.5. The molecule has 1 aliphatic rings. The lowest BCUT2D eigenvalue weighted by atomic mass is 9.92. The van der Waals surface area contributed by atoms with Crippen molar-refractivity contribution in [1.29, 1.82) is 0 Å². The summed E-state index contributed by atoms with van der Waals surface area (Å²) in [5.41, 5.74) is 4.61. The van der Waals surface area contributed by atoms with Gasteiger partial charge in [0.05, 0.1) is 5.56 Å². The van der Waals surface area contributed by atoms with Gasteiger partial charge < -0.3 is 4.74 Å². The fraction of sp³-hybridized carbons (Fsp3) is 0.267. The van der Waals surface area contributed by atoms with Gasteiger partial charge in [-0.05, 0) is 25.0 Å². The minimum atomic E-state index is -0.229. The van der Waals surface area contributed by atoms with Crippen molar-refractivity contribution in [2.45, 2.75) is 26.4 Å². The predicted molar refractivity (Wildman–Crippen MR) is 68.9 cm³/mol. The third kappa shape index (κ3) is 1.91. The molecular formula is C15H16O2. The number of benzene rings is 1. The van der Waals surface area contributed by atoms with Crippen LogP contribution in [0.3, 0.4) is 0 Å². The van der Waals surface area contributed by atoms with Crippen molar-refractivity contribution in [3.05, 3.63) is 53.1 Å². The van der Waals surface area contributed by atoms with Crippen LogP contribution in [-0.2, 0) is 4.74 Å². The number of aryl methyl sites for hydroxylation is 1. The number of rotatable bonds is 3. The minimum Gasteiger partial charge on any atom is -0.453 e. The zero-order valence-corrected chi connectivity index (χ0v) is 10.2. The van der Waals surface area contributed by atoms with E-state index >= 15 is 0 Å². The summed E-state index contributed by atoms with van der Waals surface area (Å²) < 4.78 is 5.42. The van der Waals surface area contributed by atoms with Gasteiger partial charge in [0.25, 0.3) is 0 Å². The Bertz CT molecular complexity index is 512. The van der Waals surface area contributed by atoms with E-state index in [0.29, 0.717) is 12.0 Å². The van der Waals surface area contributed by atoms with E-state index < -0.39 is 0 Å². The fourth-order valence-electron chi connectivity index (χ4n) is 2.25. The number of carbonyl (C=O) groups is 1. The number of hydrogen-bond acceptors (Lipinski definition) is 2. The molecule has 0 amide bonds. The summed E-state index contributed by atoms with van der Waals surface area (Å²) in [6.45, 7) is 11.5. The third-order valence-corrected chi connectivity index (χ3v) is 3.02. The standard InChI is InChI=1S/C15H16O2/c1-5-11-7-6-10(4)13-14(11)12(8-9(2)3)17-15(13)16/h5-7,12H,1-2,8H2,3-4H3/t12-/m0/s1. The number of fused-ring (bicyclic) bond motifs is 1. The summed E-state index contributed by atoms with van der Waals surface area (Å²) in [6, 6.07) is 3.91. The van der Waals surface area contributed by atoms with E-state index in [1.54, 1.807) is 6.08 Å². The number of hydrogen-bond donors (Lipinski definition) is 0. The molecule has 0 radical (unpaired) electrons. The fourth-order valence-corrected chi connectivity index (χ4v) is 2.25. The van der Waals surface area contributed by atoms with Gasteiger partial charge in [-0.3, -0.25) is 0 Å². The Hall–Kier alpha value is -1.83. The second-order valence-electron chi connectivity index (χ2n) is 4.52. The van der Waals surface area contributed by atoms with Gasteiger partial charge in [-0.1, -0.05) is 36.9 Å². The molecule has 2 heteroatoms. The first kappa shape index (κ1) is 11.6. The van der Waals surface area contributed by atoms with Crippen LogP contribution in [0.15, 0.2) is 30.9 Å². The number of esters is 1. The van der Waals surface area contributed by atoms with E-state index in [-0.39, 0.29) is 12.1 Å². The number of ether oxygens (including phenoxy) is 1. The summed E-state index contributed by atoms with van der Waals surface area (Å²) in [5, 5.41) is 0. The van der Waals surface area contributed by atoms with Gasteiger partial charge in [0.15, 0.2) is 0 Å². The molecule has 1 heterocycles. The van der Waals surface area contributed by atoms with Crippen LogP contribution in [0, 0.1) is 6.92 Å². The van der Waals surface area contributed by atoms with Crippen molar-refractivity contribution in [3.63, 3.8) is 0 Å². The minimum absolute atomic E-state index is 0.206. The molecule has 88 valence electrons.